The summed E-state index contributed by atoms with van der Waals surface area (Å²) >= 11 is 0. The van der Waals surface area contributed by atoms with E-state index in [0.717, 1.165) is 62.9 Å². The quantitative estimate of drug-likeness (QED) is 0.783. The van der Waals surface area contributed by atoms with E-state index in [1.54, 1.807) is 12.1 Å². The smallest absolute Gasteiger partial charge is 0.260 e. The Balaban J connectivity index is 1.43. The number of carbonyl (C=O) groups excluding carboxylic acids is 1. The van der Waals surface area contributed by atoms with Crippen LogP contribution in [0.5, 0.6) is 0 Å². The van der Waals surface area contributed by atoms with Crippen molar-refractivity contribution in [3.63, 3.8) is 0 Å². The molecule has 1 saturated heterocycles. The highest BCUT2D eigenvalue weighted by Crippen LogP contribution is 2.54. The Morgan fingerprint density at radius 3 is 2.55 bits per heavy atom. The van der Waals surface area contributed by atoms with Crippen LogP contribution in [0.2, 0.25) is 0 Å². The molecule has 0 unspecified atom stereocenters. The van der Waals surface area contributed by atoms with E-state index in [-0.39, 0.29) is 10.8 Å². The molecule has 3 aliphatic rings. The predicted octanol–water partition coefficient (Wildman–Crippen LogP) is 3.39. The van der Waals surface area contributed by atoms with Gasteiger partial charge in [-0.15, -0.1) is 0 Å². The molecule has 1 N–H and O–H groups in total. The van der Waals surface area contributed by atoms with Crippen molar-refractivity contribution >= 4 is 27.4 Å². The van der Waals surface area contributed by atoms with Gasteiger partial charge in [-0.05, 0) is 80.5 Å². The lowest BCUT2D eigenvalue weighted by Gasteiger charge is -2.35. The van der Waals surface area contributed by atoms with Gasteiger partial charge in [0.15, 0.2) is 9.84 Å². The molecule has 0 radical (unpaired) electrons. The van der Waals surface area contributed by atoms with Crippen LogP contribution in [0.3, 0.4) is 0 Å². The van der Waals surface area contributed by atoms with E-state index in [2.05, 4.69) is 20.2 Å². The molecule has 5 rings (SSSR count). The topological polar surface area (TPSA) is 92.3 Å². The lowest BCUT2D eigenvalue weighted by molar-refractivity contribution is 0.102. The number of rotatable bonds is 4. The molecule has 7 nitrogen and oxygen atoms in total. The number of carbonyl (C=O) groups is 1. The SMILES string of the molecule is CS(=O)(=O)c1ccc(C(=O)Nc2ncc3c(n2)CCCC3)c(N2CCC3(CC2)CC3)c1. The highest BCUT2D eigenvalue weighted by molar-refractivity contribution is 7.90. The van der Waals surface area contributed by atoms with Gasteiger partial charge in [0.25, 0.3) is 5.91 Å². The molecule has 8 heteroatoms. The van der Waals surface area contributed by atoms with Crippen LogP contribution in [0.4, 0.5) is 11.6 Å². The third-order valence-electron chi connectivity index (χ3n) is 7.05. The van der Waals surface area contributed by atoms with Gasteiger partial charge in [-0.25, -0.2) is 18.4 Å². The minimum Gasteiger partial charge on any atom is -0.371 e. The van der Waals surface area contributed by atoms with Crippen LogP contribution in [-0.4, -0.2) is 43.6 Å². The maximum Gasteiger partial charge on any atom is 0.260 e. The largest absolute Gasteiger partial charge is 0.371 e. The van der Waals surface area contributed by atoms with Crippen LogP contribution >= 0.6 is 0 Å². The molecular weight excluding hydrogens is 412 g/mol. The fourth-order valence-electron chi connectivity index (χ4n) is 4.80. The van der Waals surface area contributed by atoms with Gasteiger partial charge in [0.05, 0.1) is 16.1 Å². The monoisotopic (exact) mass is 440 g/mol. The van der Waals surface area contributed by atoms with E-state index >= 15 is 0 Å². The number of hydrogen-bond acceptors (Lipinski definition) is 6. The highest BCUT2D eigenvalue weighted by atomic mass is 32.2. The van der Waals surface area contributed by atoms with Gasteiger partial charge >= 0.3 is 0 Å². The molecule has 1 spiro atoms. The maximum absolute atomic E-state index is 13.2. The van der Waals surface area contributed by atoms with E-state index < -0.39 is 9.84 Å². The highest BCUT2D eigenvalue weighted by Gasteiger charge is 2.44. The summed E-state index contributed by atoms with van der Waals surface area (Å²) in [5.74, 6) is -0.00288. The molecular formula is C23H28N4O3S. The van der Waals surface area contributed by atoms with Gasteiger partial charge < -0.3 is 4.90 Å². The molecule has 2 fully saturated rings. The summed E-state index contributed by atoms with van der Waals surface area (Å²) in [5, 5.41) is 2.84. The Morgan fingerprint density at radius 1 is 1.10 bits per heavy atom. The van der Waals surface area contributed by atoms with Crippen LogP contribution in [-0.2, 0) is 22.7 Å². The summed E-state index contributed by atoms with van der Waals surface area (Å²) in [7, 11) is -3.37. The Hall–Kier alpha value is -2.48. The van der Waals surface area contributed by atoms with E-state index in [4.69, 9.17) is 0 Å². The molecule has 2 aliphatic carbocycles. The van der Waals surface area contributed by atoms with Crippen molar-refractivity contribution in [1.82, 2.24) is 9.97 Å². The normalized spacial score (nSPS) is 19.7. The van der Waals surface area contributed by atoms with Crippen LogP contribution in [0.1, 0.15) is 60.1 Å². The number of hydrogen-bond donors (Lipinski definition) is 1. The lowest BCUT2D eigenvalue weighted by atomic mass is 9.93. The molecule has 2 aromatic rings. The molecule has 0 atom stereocenters. The number of aryl methyl sites for hydroxylation is 2. The second-order valence-electron chi connectivity index (χ2n) is 9.26. The van der Waals surface area contributed by atoms with E-state index in [0.29, 0.717) is 22.6 Å². The number of aromatic nitrogens is 2. The van der Waals surface area contributed by atoms with Gasteiger partial charge in [-0.3, -0.25) is 10.1 Å². The van der Waals surface area contributed by atoms with Crippen molar-refractivity contribution in [3.8, 4) is 0 Å². The number of fused-ring (bicyclic) bond motifs is 1. The molecule has 0 bridgehead atoms. The Kier molecular flexibility index (Phi) is 5.00. The number of amides is 1. The van der Waals surface area contributed by atoms with Gasteiger partial charge in [0.2, 0.25) is 5.95 Å². The number of benzene rings is 1. The first-order valence-electron chi connectivity index (χ1n) is 11.1. The zero-order valence-corrected chi connectivity index (χ0v) is 18.7. The summed E-state index contributed by atoms with van der Waals surface area (Å²) in [5.41, 5.74) is 3.79. The average molecular weight is 441 g/mol. The molecule has 2 heterocycles. The summed E-state index contributed by atoms with van der Waals surface area (Å²) in [6.45, 7) is 1.67. The van der Waals surface area contributed by atoms with Crippen molar-refractivity contribution in [1.29, 1.82) is 0 Å². The first kappa shape index (κ1) is 20.4. The molecule has 164 valence electrons. The summed E-state index contributed by atoms with van der Waals surface area (Å²) < 4.78 is 24.3. The van der Waals surface area contributed by atoms with Gasteiger partial charge in [-0.2, -0.15) is 0 Å². The van der Waals surface area contributed by atoms with E-state index in [1.807, 2.05) is 6.20 Å². The second-order valence-corrected chi connectivity index (χ2v) is 11.3. The average Bonchev–Trinajstić information content (AvgIpc) is 3.52. The Labute approximate surface area is 183 Å². The predicted molar refractivity (Wildman–Crippen MR) is 119 cm³/mol. The fourth-order valence-corrected chi connectivity index (χ4v) is 5.44. The molecule has 1 aromatic heterocycles. The number of anilines is 2. The zero-order valence-electron chi connectivity index (χ0n) is 17.9. The van der Waals surface area contributed by atoms with Crippen LogP contribution in [0.25, 0.3) is 0 Å². The second kappa shape index (κ2) is 7.58. The minimum atomic E-state index is -3.37. The van der Waals surface area contributed by atoms with Crippen molar-refractivity contribution in [2.24, 2.45) is 5.41 Å². The van der Waals surface area contributed by atoms with Crippen LogP contribution in [0.15, 0.2) is 29.3 Å². The van der Waals surface area contributed by atoms with Gasteiger partial charge in [0.1, 0.15) is 0 Å². The standard InChI is InChI=1S/C23H28N4O3S/c1-31(29,30)17-6-7-18(20(14-17)27-12-10-23(8-9-23)11-13-27)21(28)26-22-24-15-16-4-2-3-5-19(16)25-22/h6-7,14-15H,2-5,8-13H2,1H3,(H,24,25,26,28). The Bertz CT molecular complexity index is 1130. The van der Waals surface area contributed by atoms with E-state index in [1.165, 1.54) is 25.2 Å². The first-order valence-corrected chi connectivity index (χ1v) is 13.0. The number of piperidine rings is 1. The molecule has 1 aliphatic heterocycles. The van der Waals surface area contributed by atoms with Crippen molar-refractivity contribution < 1.29 is 13.2 Å². The number of nitrogens with one attached hydrogen (secondary N) is 1. The summed E-state index contributed by atoms with van der Waals surface area (Å²) in [6.07, 6.45) is 11.9. The van der Waals surface area contributed by atoms with Crippen molar-refractivity contribution in [2.75, 3.05) is 29.6 Å². The van der Waals surface area contributed by atoms with E-state index in [9.17, 15) is 13.2 Å². The minimum absolute atomic E-state index is 0.232. The molecule has 1 aromatic carbocycles. The number of nitrogens with zero attached hydrogens (tertiary/aromatic N) is 3. The van der Waals surface area contributed by atoms with Crippen LogP contribution in [0, 0.1) is 5.41 Å². The molecule has 1 amide bonds. The van der Waals surface area contributed by atoms with Gasteiger partial charge in [0, 0.05) is 31.2 Å². The van der Waals surface area contributed by atoms with Crippen LogP contribution < -0.4 is 10.2 Å². The maximum atomic E-state index is 13.2. The number of sulfone groups is 1. The fraction of sp³-hybridized carbons (Fsp3) is 0.522. The third kappa shape index (κ3) is 4.18. The van der Waals surface area contributed by atoms with Crippen molar-refractivity contribution in [2.45, 2.75) is 56.3 Å². The summed E-state index contributed by atoms with van der Waals surface area (Å²) in [4.78, 5) is 24.4. The zero-order chi connectivity index (χ0) is 21.6. The summed E-state index contributed by atoms with van der Waals surface area (Å²) in [6, 6.07) is 4.76. The van der Waals surface area contributed by atoms with Crippen molar-refractivity contribution in [3.05, 3.63) is 41.2 Å². The third-order valence-corrected chi connectivity index (χ3v) is 8.16. The molecule has 31 heavy (non-hydrogen) atoms. The lowest BCUT2D eigenvalue weighted by Crippen LogP contribution is -2.36. The Morgan fingerprint density at radius 2 is 1.84 bits per heavy atom. The van der Waals surface area contributed by atoms with Gasteiger partial charge in [-0.1, -0.05) is 0 Å². The first-order chi connectivity index (χ1) is 14.8. The molecule has 1 saturated carbocycles.